The Kier molecular flexibility index (Phi) is 5.10. The maximum atomic E-state index is 13.0. The van der Waals surface area contributed by atoms with E-state index in [0.717, 1.165) is 36.3 Å². The number of anilines is 1. The van der Waals surface area contributed by atoms with Gasteiger partial charge >= 0.3 is 0 Å². The Morgan fingerprint density at radius 2 is 2.00 bits per heavy atom. The van der Waals surface area contributed by atoms with Crippen LogP contribution in [0.1, 0.15) is 49.7 Å². The van der Waals surface area contributed by atoms with Crippen molar-refractivity contribution in [1.29, 1.82) is 0 Å². The number of aromatic nitrogens is 2. The van der Waals surface area contributed by atoms with Gasteiger partial charge in [-0.2, -0.15) is 0 Å². The fourth-order valence-corrected chi connectivity index (χ4v) is 4.54. The van der Waals surface area contributed by atoms with Crippen molar-refractivity contribution >= 4 is 35.0 Å². The number of allylic oxidation sites excluding steroid dienone is 2. The first kappa shape index (κ1) is 18.3. The van der Waals surface area contributed by atoms with Crippen LogP contribution in [0.25, 0.3) is 0 Å². The van der Waals surface area contributed by atoms with Crippen molar-refractivity contribution in [3.63, 3.8) is 0 Å². The Morgan fingerprint density at radius 1 is 1.22 bits per heavy atom. The zero-order chi connectivity index (χ0) is 19.0. The molecule has 0 amide bonds. The Labute approximate surface area is 166 Å². The molecule has 1 atom stereocenters. The standard InChI is InChI=1S/C20H20ClN3O2S/c1-2-10-27-20-23-18-17(19(26)24-20)15(11-6-8-12(21)9-7-11)16-13(22-18)4-3-5-14(16)25/h6-9,15H,2-5,10H2,1H3,(H2,22,23,24,26)/t15-/m0/s1. The number of hydrogen-bond donors (Lipinski definition) is 2. The number of carbonyl (C=O) groups is 1. The first-order valence-corrected chi connectivity index (χ1v) is 10.5. The van der Waals surface area contributed by atoms with Crippen LogP contribution >= 0.6 is 23.4 Å². The van der Waals surface area contributed by atoms with E-state index in [0.29, 0.717) is 33.6 Å². The summed E-state index contributed by atoms with van der Waals surface area (Å²) in [4.78, 5) is 33.3. The molecule has 1 aromatic carbocycles. The molecule has 0 unspecified atom stereocenters. The normalized spacial score (nSPS) is 18.7. The fourth-order valence-electron chi connectivity index (χ4n) is 3.70. The lowest BCUT2D eigenvalue weighted by Crippen LogP contribution is -2.32. The van der Waals surface area contributed by atoms with Crippen molar-refractivity contribution in [2.75, 3.05) is 11.1 Å². The van der Waals surface area contributed by atoms with E-state index in [2.05, 4.69) is 22.2 Å². The van der Waals surface area contributed by atoms with E-state index in [-0.39, 0.29) is 11.3 Å². The fraction of sp³-hybridized carbons (Fsp3) is 0.350. The van der Waals surface area contributed by atoms with Gasteiger partial charge in [-0.05, 0) is 37.0 Å². The molecule has 7 heteroatoms. The number of hydrogen-bond acceptors (Lipinski definition) is 5. The molecule has 0 spiro atoms. The minimum atomic E-state index is -0.414. The third-order valence-electron chi connectivity index (χ3n) is 4.88. The minimum Gasteiger partial charge on any atom is -0.343 e. The van der Waals surface area contributed by atoms with Gasteiger partial charge < -0.3 is 10.3 Å². The highest BCUT2D eigenvalue weighted by Gasteiger charge is 2.37. The third-order valence-corrected chi connectivity index (χ3v) is 6.21. The summed E-state index contributed by atoms with van der Waals surface area (Å²) >= 11 is 7.57. The number of fused-ring (bicyclic) bond motifs is 1. The van der Waals surface area contributed by atoms with Gasteiger partial charge in [0.2, 0.25) is 0 Å². The first-order chi connectivity index (χ1) is 13.1. The van der Waals surface area contributed by atoms with E-state index in [4.69, 9.17) is 11.6 Å². The van der Waals surface area contributed by atoms with Crippen LogP contribution < -0.4 is 10.9 Å². The number of halogens is 1. The van der Waals surface area contributed by atoms with Crippen LogP contribution in [0, 0.1) is 0 Å². The summed E-state index contributed by atoms with van der Waals surface area (Å²) in [7, 11) is 0. The predicted molar refractivity (Wildman–Crippen MR) is 109 cm³/mol. The number of aromatic amines is 1. The van der Waals surface area contributed by atoms with Gasteiger partial charge in [0.05, 0.1) is 5.56 Å². The molecule has 0 saturated carbocycles. The molecular weight excluding hydrogens is 382 g/mol. The second-order valence-electron chi connectivity index (χ2n) is 6.76. The molecule has 1 aliphatic heterocycles. The molecule has 0 radical (unpaired) electrons. The lowest BCUT2D eigenvalue weighted by molar-refractivity contribution is -0.116. The molecule has 0 fully saturated rings. The van der Waals surface area contributed by atoms with Crippen LogP contribution in [0.2, 0.25) is 5.02 Å². The molecule has 2 heterocycles. The average molecular weight is 402 g/mol. The van der Waals surface area contributed by atoms with Gasteiger partial charge in [-0.25, -0.2) is 4.98 Å². The smallest absolute Gasteiger partial charge is 0.257 e. The van der Waals surface area contributed by atoms with Crippen LogP contribution in [0.5, 0.6) is 0 Å². The summed E-state index contributed by atoms with van der Waals surface area (Å²) < 4.78 is 0. The Hall–Kier alpha value is -2.05. The number of ketones is 1. The Morgan fingerprint density at radius 3 is 2.74 bits per heavy atom. The van der Waals surface area contributed by atoms with Crippen molar-refractivity contribution < 1.29 is 4.79 Å². The monoisotopic (exact) mass is 401 g/mol. The average Bonchev–Trinajstić information content (AvgIpc) is 2.65. The van der Waals surface area contributed by atoms with Crippen LogP contribution in [0.4, 0.5) is 5.82 Å². The summed E-state index contributed by atoms with van der Waals surface area (Å²) in [6, 6.07) is 7.35. The van der Waals surface area contributed by atoms with E-state index < -0.39 is 5.92 Å². The van der Waals surface area contributed by atoms with E-state index in [1.54, 1.807) is 12.1 Å². The number of benzene rings is 1. The molecule has 0 bridgehead atoms. The number of carbonyl (C=O) groups excluding carboxylic acids is 1. The number of nitrogens with one attached hydrogen (secondary N) is 2. The Bertz CT molecular complexity index is 982. The highest BCUT2D eigenvalue weighted by molar-refractivity contribution is 7.99. The highest BCUT2D eigenvalue weighted by Crippen LogP contribution is 2.43. The quantitative estimate of drug-likeness (QED) is 0.583. The zero-order valence-electron chi connectivity index (χ0n) is 15.0. The van der Waals surface area contributed by atoms with Crippen LogP contribution in [0.15, 0.2) is 45.5 Å². The summed E-state index contributed by atoms with van der Waals surface area (Å²) in [6.07, 6.45) is 3.11. The minimum absolute atomic E-state index is 0.0955. The van der Waals surface area contributed by atoms with Crippen molar-refractivity contribution in [1.82, 2.24) is 9.97 Å². The first-order valence-electron chi connectivity index (χ1n) is 9.14. The number of H-pyrrole nitrogens is 1. The second-order valence-corrected chi connectivity index (χ2v) is 8.28. The maximum absolute atomic E-state index is 13.0. The van der Waals surface area contributed by atoms with Gasteiger partial charge in [-0.1, -0.05) is 42.4 Å². The molecule has 1 aromatic heterocycles. The Balaban J connectivity index is 1.89. The third kappa shape index (κ3) is 3.44. The van der Waals surface area contributed by atoms with Gasteiger partial charge in [0, 0.05) is 34.4 Å². The number of rotatable bonds is 4. The van der Waals surface area contributed by atoms with Gasteiger partial charge in [-0.15, -0.1) is 0 Å². The van der Waals surface area contributed by atoms with Crippen molar-refractivity contribution in [2.24, 2.45) is 0 Å². The zero-order valence-corrected chi connectivity index (χ0v) is 16.5. The molecule has 27 heavy (non-hydrogen) atoms. The lowest BCUT2D eigenvalue weighted by Gasteiger charge is -2.32. The summed E-state index contributed by atoms with van der Waals surface area (Å²) in [5.74, 6) is 1.13. The molecule has 140 valence electrons. The van der Waals surface area contributed by atoms with E-state index in [1.807, 2.05) is 12.1 Å². The van der Waals surface area contributed by atoms with E-state index in [1.165, 1.54) is 11.8 Å². The predicted octanol–water partition coefficient (Wildman–Crippen LogP) is 4.49. The lowest BCUT2D eigenvalue weighted by atomic mass is 9.76. The van der Waals surface area contributed by atoms with Gasteiger partial charge in [-0.3, -0.25) is 9.59 Å². The van der Waals surface area contributed by atoms with Gasteiger partial charge in [0.25, 0.3) is 5.56 Å². The number of Topliss-reactive ketones (excluding diaryl/α,β-unsaturated/α-hetero) is 1. The van der Waals surface area contributed by atoms with Crippen molar-refractivity contribution in [3.05, 3.63) is 62.0 Å². The largest absolute Gasteiger partial charge is 0.343 e. The van der Waals surface area contributed by atoms with E-state index in [9.17, 15) is 9.59 Å². The molecule has 1 aliphatic carbocycles. The van der Waals surface area contributed by atoms with Gasteiger partial charge in [0.15, 0.2) is 10.9 Å². The highest BCUT2D eigenvalue weighted by atomic mass is 35.5. The molecule has 4 rings (SSSR count). The topological polar surface area (TPSA) is 74.8 Å². The van der Waals surface area contributed by atoms with Crippen molar-refractivity contribution in [2.45, 2.75) is 43.7 Å². The molecule has 5 nitrogen and oxygen atoms in total. The van der Waals surface area contributed by atoms with Crippen LogP contribution in [-0.2, 0) is 4.79 Å². The molecule has 2 aliphatic rings. The summed E-state index contributed by atoms with van der Waals surface area (Å²) in [5, 5.41) is 4.51. The van der Waals surface area contributed by atoms with Crippen molar-refractivity contribution in [3.8, 4) is 0 Å². The molecule has 2 aromatic rings. The maximum Gasteiger partial charge on any atom is 0.257 e. The van der Waals surface area contributed by atoms with Gasteiger partial charge in [0.1, 0.15) is 5.82 Å². The SMILES string of the molecule is CCCSc1nc2c(c(=O)[nH]1)[C@@H](c1ccc(Cl)cc1)C1=C(CCCC1=O)N2. The number of thioether (sulfide) groups is 1. The molecular formula is C20H20ClN3O2S. The summed E-state index contributed by atoms with van der Waals surface area (Å²) in [6.45, 7) is 2.09. The molecule has 2 N–H and O–H groups in total. The van der Waals surface area contributed by atoms with Crippen LogP contribution in [0.3, 0.4) is 0 Å². The second kappa shape index (κ2) is 7.52. The van der Waals surface area contributed by atoms with E-state index >= 15 is 0 Å². The van der Waals surface area contributed by atoms with Crippen LogP contribution in [-0.4, -0.2) is 21.5 Å². The summed E-state index contributed by atoms with van der Waals surface area (Å²) in [5.41, 5.74) is 2.77. The molecule has 0 saturated heterocycles. The number of nitrogens with zero attached hydrogens (tertiary/aromatic N) is 1.